The molecule has 0 bridgehead atoms. The monoisotopic (exact) mass is 312 g/mol. The van der Waals surface area contributed by atoms with Crippen LogP contribution in [-0.2, 0) is 4.43 Å². The standard InChI is InChI=1S/C13H17F5OSi/c1-5-6-7(2)19-20(3,4)13-11(17)9(15)8(14)10(16)12(13)18/h7H,5-6H2,1-4H3. The molecule has 0 aliphatic rings. The quantitative estimate of drug-likeness (QED) is 0.346. The van der Waals surface area contributed by atoms with Gasteiger partial charge in [-0.05, 0) is 26.4 Å². The second-order valence-corrected chi connectivity index (χ2v) is 8.93. The minimum atomic E-state index is -3.25. The van der Waals surface area contributed by atoms with Crippen LogP contribution < -0.4 is 5.19 Å². The van der Waals surface area contributed by atoms with E-state index in [0.29, 0.717) is 6.42 Å². The van der Waals surface area contributed by atoms with Crippen LogP contribution in [0.25, 0.3) is 0 Å². The SMILES string of the molecule is CCCC(C)O[Si](C)(C)c1c(F)c(F)c(F)c(F)c1F. The van der Waals surface area contributed by atoms with Gasteiger partial charge in [0.15, 0.2) is 23.3 Å². The Kier molecular flexibility index (Phi) is 5.31. The van der Waals surface area contributed by atoms with Crippen molar-refractivity contribution in [2.75, 3.05) is 0 Å². The van der Waals surface area contributed by atoms with Crippen LogP contribution in [-0.4, -0.2) is 14.4 Å². The lowest BCUT2D eigenvalue weighted by molar-refractivity contribution is 0.204. The average Bonchev–Trinajstić information content (AvgIpc) is 2.33. The highest BCUT2D eigenvalue weighted by Gasteiger charge is 2.38. The minimum Gasteiger partial charge on any atom is -0.410 e. The first-order valence-electron chi connectivity index (χ1n) is 6.33. The van der Waals surface area contributed by atoms with Crippen molar-refractivity contribution in [1.29, 1.82) is 0 Å². The molecule has 0 fully saturated rings. The zero-order valence-electron chi connectivity index (χ0n) is 11.8. The molecule has 1 rings (SSSR count). The molecule has 0 amide bonds. The molecule has 0 saturated heterocycles. The van der Waals surface area contributed by atoms with E-state index in [1.54, 1.807) is 6.92 Å². The van der Waals surface area contributed by atoms with Gasteiger partial charge in [-0.1, -0.05) is 13.3 Å². The third kappa shape index (κ3) is 3.20. The van der Waals surface area contributed by atoms with Gasteiger partial charge >= 0.3 is 0 Å². The maximum absolute atomic E-state index is 13.8. The largest absolute Gasteiger partial charge is 0.410 e. The fraction of sp³-hybridized carbons (Fsp3) is 0.538. The van der Waals surface area contributed by atoms with Crippen molar-refractivity contribution >= 4 is 13.5 Å². The Bertz CT molecular complexity index is 475. The summed E-state index contributed by atoms with van der Waals surface area (Å²) in [4.78, 5) is 0. The van der Waals surface area contributed by atoms with E-state index >= 15 is 0 Å². The summed E-state index contributed by atoms with van der Waals surface area (Å²) in [6.07, 6.45) is 1.13. The Hall–Kier alpha value is -0.953. The topological polar surface area (TPSA) is 9.23 Å². The summed E-state index contributed by atoms with van der Waals surface area (Å²) < 4.78 is 72.6. The normalized spacial score (nSPS) is 13.7. The molecule has 1 atom stereocenters. The van der Waals surface area contributed by atoms with E-state index < -0.39 is 42.6 Å². The fourth-order valence-electron chi connectivity index (χ4n) is 2.16. The molecular formula is C13H17F5OSi. The molecule has 0 radical (unpaired) electrons. The van der Waals surface area contributed by atoms with Crippen LogP contribution in [0.1, 0.15) is 26.7 Å². The first-order valence-corrected chi connectivity index (χ1v) is 9.24. The van der Waals surface area contributed by atoms with E-state index in [4.69, 9.17) is 4.43 Å². The van der Waals surface area contributed by atoms with Crippen LogP contribution in [0, 0.1) is 29.1 Å². The molecule has 0 aliphatic carbocycles. The summed E-state index contributed by atoms with van der Waals surface area (Å²) in [5.41, 5.74) is 0. The maximum Gasteiger partial charge on any atom is 0.225 e. The van der Waals surface area contributed by atoms with Crippen molar-refractivity contribution in [2.45, 2.75) is 45.9 Å². The van der Waals surface area contributed by atoms with Crippen molar-refractivity contribution in [3.63, 3.8) is 0 Å². The van der Waals surface area contributed by atoms with Gasteiger partial charge < -0.3 is 4.43 Å². The summed E-state index contributed by atoms with van der Waals surface area (Å²) in [7, 11) is -3.25. The van der Waals surface area contributed by atoms with Gasteiger partial charge in [0.2, 0.25) is 14.1 Å². The molecule has 1 unspecified atom stereocenters. The first kappa shape index (κ1) is 17.1. The Balaban J connectivity index is 3.31. The lowest BCUT2D eigenvalue weighted by atomic mass is 10.2. The summed E-state index contributed by atoms with van der Waals surface area (Å²) in [6, 6.07) is 0. The van der Waals surface area contributed by atoms with Gasteiger partial charge in [-0.25, -0.2) is 22.0 Å². The van der Waals surface area contributed by atoms with Crippen LogP contribution in [0.15, 0.2) is 0 Å². The fourth-order valence-corrected chi connectivity index (χ4v) is 4.68. The molecule has 0 aromatic heterocycles. The first-order chi connectivity index (χ1) is 9.13. The summed E-state index contributed by atoms with van der Waals surface area (Å²) in [6.45, 7) is 6.45. The Morgan fingerprint density at radius 1 is 0.900 bits per heavy atom. The third-order valence-electron chi connectivity index (χ3n) is 3.00. The van der Waals surface area contributed by atoms with Crippen molar-refractivity contribution in [3.8, 4) is 0 Å². The van der Waals surface area contributed by atoms with Crippen LogP contribution >= 0.6 is 0 Å². The van der Waals surface area contributed by atoms with Gasteiger partial charge in [0, 0.05) is 11.3 Å². The number of hydrogen-bond donors (Lipinski definition) is 0. The van der Waals surface area contributed by atoms with Crippen molar-refractivity contribution < 1.29 is 26.4 Å². The zero-order valence-corrected chi connectivity index (χ0v) is 12.8. The predicted octanol–water partition coefficient (Wildman–Crippen LogP) is 4.00. The van der Waals surface area contributed by atoms with Crippen molar-refractivity contribution in [3.05, 3.63) is 29.1 Å². The molecule has 7 heteroatoms. The molecule has 0 aliphatic heterocycles. The molecule has 0 N–H and O–H groups in total. The van der Waals surface area contributed by atoms with Gasteiger partial charge in [0.1, 0.15) is 0 Å². The highest BCUT2D eigenvalue weighted by molar-refractivity contribution is 6.84. The molecule has 114 valence electrons. The second kappa shape index (κ2) is 6.22. The second-order valence-electron chi connectivity index (χ2n) is 5.17. The number of rotatable bonds is 5. The average molecular weight is 312 g/mol. The molecule has 1 nitrogen and oxygen atoms in total. The maximum atomic E-state index is 13.8. The van der Waals surface area contributed by atoms with E-state index in [1.807, 2.05) is 6.92 Å². The van der Waals surface area contributed by atoms with E-state index in [9.17, 15) is 22.0 Å². The zero-order chi connectivity index (χ0) is 15.7. The highest BCUT2D eigenvalue weighted by atomic mass is 28.4. The van der Waals surface area contributed by atoms with Gasteiger partial charge in [-0.3, -0.25) is 0 Å². The number of halogens is 5. The van der Waals surface area contributed by atoms with E-state index in [-0.39, 0.29) is 6.10 Å². The van der Waals surface area contributed by atoms with Crippen molar-refractivity contribution in [1.82, 2.24) is 0 Å². The predicted molar refractivity (Wildman–Crippen MR) is 68.8 cm³/mol. The van der Waals surface area contributed by atoms with E-state index in [2.05, 4.69) is 0 Å². The van der Waals surface area contributed by atoms with Gasteiger partial charge in [-0.2, -0.15) is 0 Å². The van der Waals surface area contributed by atoms with E-state index in [1.165, 1.54) is 13.1 Å². The summed E-state index contributed by atoms with van der Waals surface area (Å²) >= 11 is 0. The van der Waals surface area contributed by atoms with Gasteiger partial charge in [0.05, 0.1) is 0 Å². The number of benzene rings is 1. The summed E-state index contributed by atoms with van der Waals surface area (Å²) in [5.74, 6) is -9.57. The van der Waals surface area contributed by atoms with Crippen LogP contribution in [0.3, 0.4) is 0 Å². The smallest absolute Gasteiger partial charge is 0.225 e. The Labute approximate surface area is 115 Å². The molecular weight excluding hydrogens is 295 g/mol. The molecule has 20 heavy (non-hydrogen) atoms. The van der Waals surface area contributed by atoms with Crippen LogP contribution in [0.5, 0.6) is 0 Å². The molecule has 0 saturated carbocycles. The third-order valence-corrected chi connectivity index (χ3v) is 5.64. The summed E-state index contributed by atoms with van der Waals surface area (Å²) in [5, 5.41) is -0.808. The van der Waals surface area contributed by atoms with E-state index in [0.717, 1.165) is 6.42 Å². The van der Waals surface area contributed by atoms with Crippen LogP contribution in [0.4, 0.5) is 22.0 Å². The Morgan fingerprint density at radius 3 is 1.70 bits per heavy atom. The lowest BCUT2D eigenvalue weighted by Crippen LogP contribution is -2.51. The highest BCUT2D eigenvalue weighted by Crippen LogP contribution is 2.21. The molecule has 0 spiro atoms. The Morgan fingerprint density at radius 2 is 1.30 bits per heavy atom. The van der Waals surface area contributed by atoms with Gasteiger partial charge in [0.25, 0.3) is 0 Å². The van der Waals surface area contributed by atoms with Crippen molar-refractivity contribution in [2.24, 2.45) is 0 Å². The minimum absolute atomic E-state index is 0.309. The lowest BCUT2D eigenvalue weighted by Gasteiger charge is -2.28. The molecule has 0 heterocycles. The molecule has 1 aromatic carbocycles. The van der Waals surface area contributed by atoms with Gasteiger partial charge in [-0.15, -0.1) is 0 Å². The number of hydrogen-bond acceptors (Lipinski definition) is 1. The molecule has 1 aromatic rings. The van der Waals surface area contributed by atoms with Crippen LogP contribution in [0.2, 0.25) is 13.1 Å².